The number of nitrogens with one attached hydrogen (secondary N) is 1. The van der Waals surface area contributed by atoms with E-state index in [9.17, 15) is 18.0 Å². The van der Waals surface area contributed by atoms with Crippen LogP contribution in [0.15, 0.2) is 55.0 Å². The number of hydrogen-bond donors (Lipinski definition) is 1. The van der Waals surface area contributed by atoms with Crippen LogP contribution in [0.5, 0.6) is 0 Å². The number of benzene rings is 1. The molecule has 0 saturated heterocycles. The van der Waals surface area contributed by atoms with Crippen molar-refractivity contribution in [3.63, 3.8) is 0 Å². The van der Waals surface area contributed by atoms with Crippen molar-refractivity contribution in [2.24, 2.45) is 7.05 Å². The first-order chi connectivity index (χ1) is 12.8. The maximum absolute atomic E-state index is 12.8. The standard InChI is InChI=1S/C19H17F3N4O/c1-26-12-15(11-25-26)18-14(5-3-7-23-18)10-24-17(27)9-13-4-2-6-16(8-13)19(20,21)22/h2-8,11-12H,9-10H2,1H3,(H,24,27). The van der Waals surface area contributed by atoms with Crippen LogP contribution in [0.3, 0.4) is 0 Å². The SMILES string of the molecule is Cn1cc(-c2ncccc2CNC(=O)Cc2cccc(C(F)(F)F)c2)cn1. The monoisotopic (exact) mass is 374 g/mol. The molecule has 0 aliphatic heterocycles. The fraction of sp³-hybridized carbons (Fsp3) is 0.211. The summed E-state index contributed by atoms with van der Waals surface area (Å²) in [5.41, 5.74) is 1.85. The van der Waals surface area contributed by atoms with Crippen molar-refractivity contribution in [3.8, 4) is 11.3 Å². The Balaban J connectivity index is 1.67. The van der Waals surface area contributed by atoms with E-state index in [1.54, 1.807) is 30.2 Å². The first kappa shape index (κ1) is 18.6. The minimum atomic E-state index is -4.43. The van der Waals surface area contributed by atoms with Crippen molar-refractivity contribution in [2.45, 2.75) is 19.1 Å². The first-order valence-electron chi connectivity index (χ1n) is 8.18. The van der Waals surface area contributed by atoms with Gasteiger partial charge in [-0.3, -0.25) is 14.5 Å². The van der Waals surface area contributed by atoms with E-state index in [0.29, 0.717) is 11.3 Å². The van der Waals surface area contributed by atoms with Gasteiger partial charge in [-0.1, -0.05) is 24.3 Å². The molecule has 1 N–H and O–H groups in total. The smallest absolute Gasteiger partial charge is 0.352 e. The van der Waals surface area contributed by atoms with E-state index in [2.05, 4.69) is 15.4 Å². The Bertz CT molecular complexity index is 950. The number of aryl methyl sites for hydroxylation is 1. The molecule has 5 nitrogen and oxygen atoms in total. The quantitative estimate of drug-likeness (QED) is 0.745. The number of pyridine rings is 1. The number of amides is 1. The molecule has 1 amide bonds. The van der Waals surface area contributed by atoms with Crippen LogP contribution < -0.4 is 5.32 Å². The summed E-state index contributed by atoms with van der Waals surface area (Å²) in [7, 11) is 1.79. The van der Waals surface area contributed by atoms with Crippen LogP contribution in [0, 0.1) is 0 Å². The lowest BCUT2D eigenvalue weighted by Crippen LogP contribution is -2.25. The third kappa shape index (κ3) is 4.72. The van der Waals surface area contributed by atoms with E-state index in [4.69, 9.17) is 0 Å². The van der Waals surface area contributed by atoms with Gasteiger partial charge in [0.15, 0.2) is 0 Å². The molecule has 0 saturated carbocycles. The molecular weight excluding hydrogens is 357 g/mol. The van der Waals surface area contributed by atoms with E-state index in [0.717, 1.165) is 23.3 Å². The van der Waals surface area contributed by atoms with Crippen LogP contribution in [0.1, 0.15) is 16.7 Å². The van der Waals surface area contributed by atoms with Gasteiger partial charge in [0.25, 0.3) is 0 Å². The molecule has 0 atom stereocenters. The second kappa shape index (κ2) is 7.61. The molecule has 3 rings (SSSR count). The van der Waals surface area contributed by atoms with E-state index in [1.807, 2.05) is 12.3 Å². The summed E-state index contributed by atoms with van der Waals surface area (Å²) in [5, 5.41) is 6.85. The van der Waals surface area contributed by atoms with Gasteiger partial charge in [0.05, 0.1) is 23.9 Å². The highest BCUT2D eigenvalue weighted by molar-refractivity contribution is 5.78. The lowest BCUT2D eigenvalue weighted by Gasteiger charge is -2.10. The van der Waals surface area contributed by atoms with Crippen molar-refractivity contribution >= 4 is 5.91 Å². The largest absolute Gasteiger partial charge is 0.416 e. The Labute approximate surface area is 153 Å². The molecule has 140 valence electrons. The number of nitrogens with zero attached hydrogens (tertiary/aromatic N) is 3. The second-order valence-corrected chi connectivity index (χ2v) is 6.07. The summed E-state index contributed by atoms with van der Waals surface area (Å²) in [6, 6.07) is 8.36. The Morgan fingerprint density at radius 1 is 1.22 bits per heavy atom. The first-order valence-corrected chi connectivity index (χ1v) is 8.18. The summed E-state index contributed by atoms with van der Waals surface area (Å²) in [4.78, 5) is 16.5. The minimum Gasteiger partial charge on any atom is -0.352 e. The molecule has 0 radical (unpaired) electrons. The number of hydrogen-bond acceptors (Lipinski definition) is 3. The summed E-state index contributed by atoms with van der Waals surface area (Å²) in [6.45, 7) is 0.218. The molecule has 1 aromatic carbocycles. The van der Waals surface area contributed by atoms with Crippen LogP contribution in [0.25, 0.3) is 11.3 Å². The molecule has 0 aliphatic rings. The zero-order valence-electron chi connectivity index (χ0n) is 14.5. The predicted molar refractivity (Wildman–Crippen MR) is 93.4 cm³/mol. The van der Waals surface area contributed by atoms with Crippen LogP contribution in [0.4, 0.5) is 13.2 Å². The lowest BCUT2D eigenvalue weighted by molar-refractivity contribution is -0.137. The normalized spacial score (nSPS) is 11.4. The maximum atomic E-state index is 12.8. The zero-order chi connectivity index (χ0) is 19.4. The highest BCUT2D eigenvalue weighted by atomic mass is 19.4. The Morgan fingerprint density at radius 2 is 2.04 bits per heavy atom. The molecule has 0 fully saturated rings. The van der Waals surface area contributed by atoms with Crippen molar-refractivity contribution < 1.29 is 18.0 Å². The number of alkyl halides is 3. The third-order valence-electron chi connectivity index (χ3n) is 3.96. The van der Waals surface area contributed by atoms with Gasteiger partial charge < -0.3 is 5.32 Å². The van der Waals surface area contributed by atoms with Crippen molar-refractivity contribution in [1.29, 1.82) is 0 Å². The summed E-state index contributed by atoms with van der Waals surface area (Å²) < 4.78 is 40.0. The molecule has 2 heterocycles. The van der Waals surface area contributed by atoms with Crippen molar-refractivity contribution in [3.05, 3.63) is 71.7 Å². The number of halogens is 3. The fourth-order valence-electron chi connectivity index (χ4n) is 2.68. The van der Waals surface area contributed by atoms with E-state index < -0.39 is 11.7 Å². The molecule has 2 aromatic heterocycles. The van der Waals surface area contributed by atoms with Crippen molar-refractivity contribution in [2.75, 3.05) is 0 Å². The lowest BCUT2D eigenvalue weighted by atomic mass is 10.1. The average molecular weight is 374 g/mol. The van der Waals surface area contributed by atoms with Gasteiger partial charge in [0, 0.05) is 31.5 Å². The minimum absolute atomic E-state index is 0.133. The fourth-order valence-corrected chi connectivity index (χ4v) is 2.68. The summed E-state index contributed by atoms with van der Waals surface area (Å²) in [6.07, 6.45) is 0.579. The maximum Gasteiger partial charge on any atom is 0.416 e. The molecular formula is C19H17F3N4O. The van der Waals surface area contributed by atoms with E-state index in [-0.39, 0.29) is 18.9 Å². The highest BCUT2D eigenvalue weighted by Crippen LogP contribution is 2.29. The third-order valence-corrected chi connectivity index (χ3v) is 3.96. The zero-order valence-corrected chi connectivity index (χ0v) is 14.5. The van der Waals surface area contributed by atoms with Gasteiger partial charge >= 0.3 is 6.18 Å². The Kier molecular flexibility index (Phi) is 5.25. The van der Waals surface area contributed by atoms with Gasteiger partial charge in [0.1, 0.15) is 0 Å². The molecule has 0 bridgehead atoms. The van der Waals surface area contributed by atoms with Crippen LogP contribution in [0.2, 0.25) is 0 Å². The van der Waals surface area contributed by atoms with E-state index >= 15 is 0 Å². The second-order valence-electron chi connectivity index (χ2n) is 6.07. The van der Waals surface area contributed by atoms with Gasteiger partial charge in [-0.15, -0.1) is 0 Å². The van der Waals surface area contributed by atoms with Gasteiger partial charge in [-0.2, -0.15) is 18.3 Å². The van der Waals surface area contributed by atoms with Gasteiger partial charge in [-0.05, 0) is 23.3 Å². The molecule has 27 heavy (non-hydrogen) atoms. The number of carbonyl (C=O) groups is 1. The van der Waals surface area contributed by atoms with Crippen LogP contribution in [-0.4, -0.2) is 20.7 Å². The van der Waals surface area contributed by atoms with Gasteiger partial charge in [0.2, 0.25) is 5.91 Å². The topological polar surface area (TPSA) is 59.8 Å². The highest BCUT2D eigenvalue weighted by Gasteiger charge is 2.30. The Hall–Kier alpha value is -3.16. The number of carbonyl (C=O) groups excluding carboxylic acids is 1. The molecule has 0 aliphatic carbocycles. The molecule has 3 aromatic rings. The molecule has 8 heteroatoms. The number of aromatic nitrogens is 3. The molecule has 0 spiro atoms. The van der Waals surface area contributed by atoms with Crippen LogP contribution in [-0.2, 0) is 31.0 Å². The molecule has 0 unspecified atom stereocenters. The average Bonchev–Trinajstić information content (AvgIpc) is 3.06. The summed E-state index contributed by atoms with van der Waals surface area (Å²) in [5.74, 6) is -0.365. The number of rotatable bonds is 5. The van der Waals surface area contributed by atoms with Gasteiger partial charge in [-0.25, -0.2) is 0 Å². The van der Waals surface area contributed by atoms with Crippen LogP contribution >= 0.6 is 0 Å². The van der Waals surface area contributed by atoms with E-state index in [1.165, 1.54) is 12.1 Å². The van der Waals surface area contributed by atoms with Crippen molar-refractivity contribution in [1.82, 2.24) is 20.1 Å². The summed E-state index contributed by atoms with van der Waals surface area (Å²) >= 11 is 0. The predicted octanol–water partition coefficient (Wildman–Crippen LogP) is 3.36. The Morgan fingerprint density at radius 3 is 2.74 bits per heavy atom.